The number of nitrogens with zero attached hydrogens (tertiary/aromatic N) is 1. The van der Waals surface area contributed by atoms with Crippen molar-refractivity contribution in [3.63, 3.8) is 0 Å². The highest BCUT2D eigenvalue weighted by molar-refractivity contribution is 14.1. The van der Waals surface area contributed by atoms with Crippen molar-refractivity contribution in [3.05, 3.63) is 80.4 Å². The number of halogens is 1. The predicted molar refractivity (Wildman–Crippen MR) is 186 cm³/mol. The minimum absolute atomic E-state index is 0.0303. The number of benzene rings is 2. The Balaban J connectivity index is 1.17. The quantitative estimate of drug-likeness (QED) is 0.285. The summed E-state index contributed by atoms with van der Waals surface area (Å²) in [6, 6.07) is 13.7. The molecule has 2 aromatic rings. The minimum atomic E-state index is -0.934. The molecule has 4 aliphatic rings. The lowest BCUT2D eigenvalue weighted by atomic mass is 9.91. The fraction of sp³-hybridized carbons (Fsp3) is 0.514. The van der Waals surface area contributed by atoms with Crippen molar-refractivity contribution in [1.82, 2.24) is 10.2 Å². The Labute approximate surface area is 299 Å². The summed E-state index contributed by atoms with van der Waals surface area (Å²) >= 11 is 2.17. The molecule has 5 unspecified atom stereocenters. The number of esters is 2. The molecule has 2 N–H and O–H groups in total. The van der Waals surface area contributed by atoms with Crippen LogP contribution in [-0.4, -0.2) is 88.7 Å². The van der Waals surface area contributed by atoms with Crippen LogP contribution in [0.25, 0.3) is 0 Å². The zero-order valence-electron chi connectivity index (χ0n) is 28.0. The van der Waals surface area contributed by atoms with E-state index in [4.69, 9.17) is 18.9 Å². The second-order valence-corrected chi connectivity index (χ2v) is 15.5. The molecule has 2 fully saturated rings. The van der Waals surface area contributed by atoms with Gasteiger partial charge in [-0.1, -0.05) is 24.3 Å². The van der Waals surface area contributed by atoms with Gasteiger partial charge in [0.15, 0.2) is 5.79 Å². The van der Waals surface area contributed by atoms with Gasteiger partial charge in [0.25, 0.3) is 0 Å². The number of aliphatic hydroxyl groups is 1. The van der Waals surface area contributed by atoms with Crippen molar-refractivity contribution < 1.29 is 43.2 Å². The van der Waals surface area contributed by atoms with Gasteiger partial charge in [0.1, 0.15) is 30.0 Å². The first kappa shape index (κ1) is 35.5. The molecule has 0 bridgehead atoms. The molecule has 1 spiro atoms. The second-order valence-electron chi connectivity index (χ2n) is 14.2. The first-order valence-electron chi connectivity index (χ1n) is 16.9. The molecule has 0 radical (unpaired) electrons. The number of carbonyl (C=O) groups is 4. The highest BCUT2D eigenvalue weighted by Gasteiger charge is 2.55. The molecule has 49 heavy (non-hydrogen) atoms. The monoisotopic (exact) mass is 786 g/mol. The zero-order chi connectivity index (χ0) is 34.9. The van der Waals surface area contributed by atoms with Gasteiger partial charge in [-0.25, -0.2) is 4.79 Å². The Hall–Kier alpha value is -3.33. The van der Waals surface area contributed by atoms with E-state index in [1.54, 1.807) is 43.9 Å². The Bertz CT molecular complexity index is 1590. The van der Waals surface area contributed by atoms with Crippen LogP contribution in [0.3, 0.4) is 0 Å². The molecule has 5 atom stereocenters. The molecule has 11 nitrogen and oxygen atoms in total. The maximum atomic E-state index is 14.2. The summed E-state index contributed by atoms with van der Waals surface area (Å²) in [6.45, 7) is 5.33. The Kier molecular flexibility index (Phi) is 10.5. The van der Waals surface area contributed by atoms with E-state index in [0.29, 0.717) is 43.4 Å². The molecule has 12 heteroatoms. The van der Waals surface area contributed by atoms with E-state index >= 15 is 0 Å². The van der Waals surface area contributed by atoms with E-state index < -0.39 is 59.6 Å². The number of hydrogen-bond acceptors (Lipinski definition) is 9. The predicted octanol–water partition coefficient (Wildman–Crippen LogP) is 4.02. The van der Waals surface area contributed by atoms with E-state index in [9.17, 15) is 24.3 Å². The number of aliphatic hydroxyl groups excluding tert-OH is 1. The van der Waals surface area contributed by atoms with E-state index in [0.717, 1.165) is 14.7 Å². The lowest BCUT2D eigenvalue weighted by Crippen LogP contribution is -2.51. The van der Waals surface area contributed by atoms with Crippen LogP contribution in [0.5, 0.6) is 0 Å². The lowest BCUT2D eigenvalue weighted by molar-refractivity contribution is -0.172. The Morgan fingerprint density at radius 3 is 2.41 bits per heavy atom. The topological polar surface area (TPSA) is 141 Å². The lowest BCUT2D eigenvalue weighted by Gasteiger charge is -2.33. The van der Waals surface area contributed by atoms with Crippen LogP contribution in [0.2, 0.25) is 0 Å². The molecule has 0 saturated carbocycles. The molecule has 2 aliphatic heterocycles. The van der Waals surface area contributed by atoms with Gasteiger partial charge in [-0.2, -0.15) is 0 Å². The van der Waals surface area contributed by atoms with E-state index in [-0.39, 0.29) is 31.8 Å². The third kappa shape index (κ3) is 8.19. The Morgan fingerprint density at radius 1 is 1.06 bits per heavy atom. The van der Waals surface area contributed by atoms with Crippen LogP contribution in [-0.2, 0) is 46.2 Å². The Morgan fingerprint density at radius 2 is 1.76 bits per heavy atom. The standard InChI is InChI=1S/C37H43IN2O9/c1-36(2,3)48-31(42)15-14-27(21-41)39-33(43)28-9-6-16-40(28)34(44)25-17-29(46-35(45)22-10-12-26(38)13-11-22)32-30(18-25)47-37(49-32)19-23-7-4-5-8-24(23)20-37/h4-5,7-8,10-13,18,27-30,32,41H,6,9,14-17,19-21H2,1-3H3,(H,39,43). The van der Waals surface area contributed by atoms with Gasteiger partial charge < -0.3 is 34.3 Å². The van der Waals surface area contributed by atoms with Crippen molar-refractivity contribution >= 4 is 46.3 Å². The smallest absolute Gasteiger partial charge is 0.338 e. The van der Waals surface area contributed by atoms with Crippen LogP contribution in [0.1, 0.15) is 74.4 Å². The number of nitrogens with one attached hydrogen (secondary N) is 1. The third-order valence-corrected chi connectivity index (χ3v) is 10.0. The normalized spacial score (nSPS) is 24.5. The maximum Gasteiger partial charge on any atom is 0.338 e. The van der Waals surface area contributed by atoms with Gasteiger partial charge in [0.05, 0.1) is 18.2 Å². The fourth-order valence-electron chi connectivity index (χ4n) is 7.10. The largest absolute Gasteiger partial charge is 0.460 e. The number of rotatable bonds is 9. The summed E-state index contributed by atoms with van der Waals surface area (Å²) in [5.41, 5.74) is 2.41. The van der Waals surface area contributed by atoms with E-state index in [1.807, 2.05) is 24.3 Å². The summed E-state index contributed by atoms with van der Waals surface area (Å²) in [4.78, 5) is 54.7. The van der Waals surface area contributed by atoms with Crippen molar-refractivity contribution in [2.24, 2.45) is 0 Å². The highest BCUT2D eigenvalue weighted by atomic mass is 127. The van der Waals surface area contributed by atoms with Crippen molar-refractivity contribution in [2.75, 3.05) is 13.2 Å². The number of amides is 2. The number of likely N-dealkylation sites (tertiary alicyclic amines) is 1. The van der Waals surface area contributed by atoms with Crippen LogP contribution in [0.15, 0.2) is 60.2 Å². The molecule has 2 aromatic carbocycles. The third-order valence-electron chi connectivity index (χ3n) is 9.33. The molecule has 2 heterocycles. The van der Waals surface area contributed by atoms with Gasteiger partial charge in [-0.05, 0) is 104 Å². The highest BCUT2D eigenvalue weighted by Crippen LogP contribution is 2.45. The van der Waals surface area contributed by atoms with Crippen LogP contribution < -0.4 is 5.32 Å². The van der Waals surface area contributed by atoms with Gasteiger partial charge in [0.2, 0.25) is 11.8 Å². The number of ether oxygens (including phenoxy) is 4. The summed E-state index contributed by atoms with van der Waals surface area (Å²) < 4.78 is 25.6. The number of hydrogen-bond donors (Lipinski definition) is 2. The minimum Gasteiger partial charge on any atom is -0.460 e. The number of fused-ring (bicyclic) bond motifs is 2. The molecular weight excluding hydrogens is 743 g/mol. The fourth-order valence-corrected chi connectivity index (χ4v) is 7.46. The molecule has 2 aliphatic carbocycles. The number of carbonyl (C=O) groups excluding carboxylic acids is 4. The summed E-state index contributed by atoms with van der Waals surface area (Å²) in [7, 11) is 0. The maximum absolute atomic E-state index is 14.2. The second kappa shape index (κ2) is 14.5. The van der Waals surface area contributed by atoms with E-state index in [2.05, 4.69) is 40.0 Å². The van der Waals surface area contributed by atoms with Gasteiger partial charge in [-0.3, -0.25) is 14.4 Å². The molecule has 2 amide bonds. The van der Waals surface area contributed by atoms with Crippen LogP contribution in [0, 0.1) is 3.57 Å². The SMILES string of the molecule is CC(C)(C)OC(=O)CCC(CO)NC(=O)C1CCCN1C(=O)C1=CC2OC3(Cc4ccccc4C3)OC2C(OC(=O)c2ccc(I)cc2)C1. The average molecular weight is 787 g/mol. The van der Waals surface area contributed by atoms with Gasteiger partial charge in [-0.15, -0.1) is 0 Å². The van der Waals surface area contributed by atoms with Crippen molar-refractivity contribution in [1.29, 1.82) is 0 Å². The van der Waals surface area contributed by atoms with Gasteiger partial charge >= 0.3 is 11.9 Å². The van der Waals surface area contributed by atoms with Gasteiger partial charge in [0, 0.05) is 41.4 Å². The summed E-state index contributed by atoms with van der Waals surface area (Å²) in [5, 5.41) is 12.8. The molecule has 2 saturated heterocycles. The average Bonchev–Trinajstić information content (AvgIpc) is 3.78. The first-order valence-corrected chi connectivity index (χ1v) is 17.9. The summed E-state index contributed by atoms with van der Waals surface area (Å²) in [5.74, 6) is -2.60. The summed E-state index contributed by atoms with van der Waals surface area (Å²) in [6.07, 6.45) is 2.19. The van der Waals surface area contributed by atoms with Crippen LogP contribution in [0.4, 0.5) is 0 Å². The molecule has 6 rings (SSSR count). The molecule has 0 aromatic heterocycles. The van der Waals surface area contributed by atoms with Crippen molar-refractivity contribution in [2.45, 2.75) is 108 Å². The van der Waals surface area contributed by atoms with E-state index in [1.165, 1.54) is 0 Å². The molecular formula is C37H43IN2O9. The zero-order valence-corrected chi connectivity index (χ0v) is 30.1. The first-order chi connectivity index (χ1) is 23.3. The van der Waals surface area contributed by atoms with Crippen molar-refractivity contribution in [3.8, 4) is 0 Å². The molecule has 262 valence electrons. The van der Waals surface area contributed by atoms with Crippen LogP contribution >= 0.6 is 22.6 Å².